The molecule has 2 N–H and O–H groups in total. The van der Waals surface area contributed by atoms with Crippen molar-refractivity contribution < 1.29 is 27.1 Å². The molecule has 1 rings (SSSR count). The van der Waals surface area contributed by atoms with Crippen LogP contribution < -0.4 is 10.5 Å². The summed E-state index contributed by atoms with van der Waals surface area (Å²) in [7, 11) is 0. The molecule has 0 heterocycles. The lowest BCUT2D eigenvalue weighted by Gasteiger charge is -2.16. The second-order valence-corrected chi connectivity index (χ2v) is 2.86. The van der Waals surface area contributed by atoms with Gasteiger partial charge in [0.05, 0.1) is 0 Å². The Kier molecular flexibility index (Phi) is 3.36. The number of amides is 1. The van der Waals surface area contributed by atoms with Crippen LogP contribution in [0.2, 0.25) is 0 Å². The number of rotatable bonds is 4. The molecule has 0 radical (unpaired) electrons. The summed E-state index contributed by atoms with van der Waals surface area (Å²) < 4.78 is 52.3. The standard InChI is InChI=1S/C9H7F4NO2/c10-8(11)9(12,13)16-6-3-1-2-5(4-6)7(14)15/h1-4,8H,(H2,14,15). The largest absolute Gasteiger partial charge is 0.461 e. The van der Waals surface area contributed by atoms with Crippen molar-refractivity contribution >= 4 is 5.91 Å². The summed E-state index contributed by atoms with van der Waals surface area (Å²) in [5.41, 5.74) is 4.77. The van der Waals surface area contributed by atoms with E-state index in [-0.39, 0.29) is 5.56 Å². The highest BCUT2D eigenvalue weighted by molar-refractivity contribution is 5.93. The van der Waals surface area contributed by atoms with Gasteiger partial charge in [-0.1, -0.05) is 6.07 Å². The molecule has 0 aliphatic rings. The monoisotopic (exact) mass is 237 g/mol. The van der Waals surface area contributed by atoms with E-state index in [1.165, 1.54) is 12.1 Å². The lowest BCUT2D eigenvalue weighted by atomic mass is 10.2. The zero-order valence-corrected chi connectivity index (χ0v) is 7.79. The van der Waals surface area contributed by atoms with Crippen molar-refractivity contribution in [2.75, 3.05) is 0 Å². The average Bonchev–Trinajstić information content (AvgIpc) is 2.17. The fraction of sp³-hybridized carbons (Fsp3) is 0.222. The van der Waals surface area contributed by atoms with Gasteiger partial charge in [-0.15, -0.1) is 0 Å². The van der Waals surface area contributed by atoms with Crippen molar-refractivity contribution in [3.8, 4) is 5.75 Å². The summed E-state index contributed by atoms with van der Waals surface area (Å²) in [6.45, 7) is 0. The maximum atomic E-state index is 12.5. The molecule has 0 aromatic heterocycles. The van der Waals surface area contributed by atoms with Crippen molar-refractivity contribution in [2.45, 2.75) is 12.5 Å². The third-order valence-corrected chi connectivity index (χ3v) is 1.63. The molecule has 16 heavy (non-hydrogen) atoms. The molecule has 3 nitrogen and oxygen atoms in total. The Bertz CT molecular complexity index is 395. The number of carbonyl (C=O) groups is 1. The fourth-order valence-electron chi connectivity index (χ4n) is 0.915. The lowest BCUT2D eigenvalue weighted by Crippen LogP contribution is -2.33. The van der Waals surface area contributed by atoms with E-state index in [4.69, 9.17) is 5.73 Å². The van der Waals surface area contributed by atoms with Gasteiger partial charge >= 0.3 is 12.5 Å². The van der Waals surface area contributed by atoms with E-state index in [9.17, 15) is 22.4 Å². The van der Waals surface area contributed by atoms with Crippen LogP contribution in [-0.2, 0) is 0 Å². The number of halogens is 4. The molecule has 7 heteroatoms. The molecule has 1 aromatic rings. The number of benzene rings is 1. The molecule has 0 bridgehead atoms. The van der Waals surface area contributed by atoms with Gasteiger partial charge in [0.15, 0.2) is 0 Å². The summed E-state index contributed by atoms with van der Waals surface area (Å²) in [4.78, 5) is 10.7. The molecule has 0 saturated carbocycles. The Balaban J connectivity index is 2.90. The average molecular weight is 237 g/mol. The Labute approximate surface area is 87.8 Å². The van der Waals surface area contributed by atoms with Crippen molar-refractivity contribution in [2.24, 2.45) is 5.73 Å². The quantitative estimate of drug-likeness (QED) is 0.814. The molecule has 0 spiro atoms. The fourth-order valence-corrected chi connectivity index (χ4v) is 0.915. The van der Waals surface area contributed by atoms with Gasteiger partial charge in [0.2, 0.25) is 5.91 Å². The number of alkyl halides is 4. The molecule has 0 atom stereocenters. The molecular weight excluding hydrogens is 230 g/mol. The van der Waals surface area contributed by atoms with Crippen LogP contribution >= 0.6 is 0 Å². The highest BCUT2D eigenvalue weighted by Crippen LogP contribution is 2.27. The minimum Gasteiger partial charge on any atom is -0.428 e. The van der Waals surface area contributed by atoms with E-state index >= 15 is 0 Å². The van der Waals surface area contributed by atoms with Crippen molar-refractivity contribution in [1.29, 1.82) is 0 Å². The Morgan fingerprint density at radius 1 is 1.38 bits per heavy atom. The third kappa shape index (κ3) is 2.85. The third-order valence-electron chi connectivity index (χ3n) is 1.63. The molecule has 0 saturated heterocycles. The first-order chi connectivity index (χ1) is 7.33. The molecule has 1 aromatic carbocycles. The van der Waals surface area contributed by atoms with Crippen LogP contribution in [0.1, 0.15) is 10.4 Å². The molecule has 0 unspecified atom stereocenters. The number of ether oxygens (including phenoxy) is 1. The number of carbonyl (C=O) groups excluding carboxylic acids is 1. The van der Waals surface area contributed by atoms with E-state index in [2.05, 4.69) is 4.74 Å². The number of nitrogens with two attached hydrogens (primary N) is 1. The Morgan fingerprint density at radius 3 is 2.50 bits per heavy atom. The molecule has 1 amide bonds. The summed E-state index contributed by atoms with van der Waals surface area (Å²) >= 11 is 0. The Morgan fingerprint density at radius 2 is 2.00 bits per heavy atom. The van der Waals surface area contributed by atoms with E-state index in [0.717, 1.165) is 12.1 Å². The normalized spacial score (nSPS) is 11.6. The van der Waals surface area contributed by atoms with Crippen LogP contribution in [0.25, 0.3) is 0 Å². The van der Waals surface area contributed by atoms with Gasteiger partial charge in [-0.3, -0.25) is 4.79 Å². The first-order valence-electron chi connectivity index (χ1n) is 4.08. The van der Waals surface area contributed by atoms with Crippen molar-refractivity contribution in [1.82, 2.24) is 0 Å². The molecular formula is C9H7F4NO2. The van der Waals surface area contributed by atoms with Gasteiger partial charge in [0, 0.05) is 5.56 Å². The summed E-state index contributed by atoms with van der Waals surface area (Å²) in [5.74, 6) is -1.42. The van der Waals surface area contributed by atoms with E-state index < -0.39 is 24.2 Å². The van der Waals surface area contributed by atoms with Crippen molar-refractivity contribution in [3.05, 3.63) is 29.8 Å². The van der Waals surface area contributed by atoms with Crippen LogP contribution in [0.3, 0.4) is 0 Å². The van der Waals surface area contributed by atoms with E-state index in [1.807, 2.05) is 0 Å². The minimum absolute atomic E-state index is 0.109. The molecule has 0 aliphatic carbocycles. The minimum atomic E-state index is -4.60. The van der Waals surface area contributed by atoms with Gasteiger partial charge in [0.25, 0.3) is 0 Å². The highest BCUT2D eigenvalue weighted by Gasteiger charge is 2.43. The topological polar surface area (TPSA) is 52.3 Å². The summed E-state index contributed by atoms with van der Waals surface area (Å²) in [6.07, 6.45) is -8.55. The predicted octanol–water partition coefficient (Wildman–Crippen LogP) is 2.02. The molecule has 88 valence electrons. The zero-order chi connectivity index (χ0) is 12.3. The van der Waals surface area contributed by atoms with Gasteiger partial charge in [-0.2, -0.15) is 17.6 Å². The van der Waals surface area contributed by atoms with Crippen LogP contribution in [0, 0.1) is 0 Å². The SMILES string of the molecule is NC(=O)c1cccc(OC(F)(F)C(F)F)c1. The van der Waals surface area contributed by atoms with Gasteiger partial charge in [0.1, 0.15) is 5.75 Å². The molecule has 0 aliphatic heterocycles. The van der Waals surface area contributed by atoms with Crippen LogP contribution in [-0.4, -0.2) is 18.4 Å². The van der Waals surface area contributed by atoms with E-state index in [1.54, 1.807) is 0 Å². The smallest absolute Gasteiger partial charge is 0.428 e. The first kappa shape index (κ1) is 12.3. The van der Waals surface area contributed by atoms with Gasteiger partial charge < -0.3 is 10.5 Å². The maximum Gasteiger partial charge on any atom is 0.461 e. The summed E-state index contributed by atoms with van der Waals surface area (Å²) in [5, 5.41) is 0. The van der Waals surface area contributed by atoms with Crippen LogP contribution in [0.15, 0.2) is 24.3 Å². The van der Waals surface area contributed by atoms with E-state index in [0.29, 0.717) is 0 Å². The predicted molar refractivity (Wildman–Crippen MR) is 46.5 cm³/mol. The van der Waals surface area contributed by atoms with Crippen LogP contribution in [0.4, 0.5) is 17.6 Å². The number of primary amides is 1. The highest BCUT2D eigenvalue weighted by atomic mass is 19.3. The maximum absolute atomic E-state index is 12.5. The Hall–Kier alpha value is -1.79. The van der Waals surface area contributed by atoms with Gasteiger partial charge in [-0.25, -0.2) is 0 Å². The first-order valence-corrected chi connectivity index (χ1v) is 4.08. The van der Waals surface area contributed by atoms with Gasteiger partial charge in [-0.05, 0) is 18.2 Å². The number of hydrogen-bond donors (Lipinski definition) is 1. The molecule has 0 fully saturated rings. The second kappa shape index (κ2) is 4.38. The summed E-state index contributed by atoms with van der Waals surface area (Å²) in [6, 6.07) is 4.31. The lowest BCUT2D eigenvalue weighted by molar-refractivity contribution is -0.253. The second-order valence-electron chi connectivity index (χ2n) is 2.86. The van der Waals surface area contributed by atoms with Crippen molar-refractivity contribution in [3.63, 3.8) is 0 Å². The zero-order valence-electron chi connectivity index (χ0n) is 7.79. The number of hydrogen-bond acceptors (Lipinski definition) is 2. The van der Waals surface area contributed by atoms with Crippen LogP contribution in [0.5, 0.6) is 5.75 Å².